The smallest absolute Gasteiger partial charge is 0.251 e. The van der Waals surface area contributed by atoms with Crippen LogP contribution >= 0.6 is 0 Å². The molecule has 2 N–H and O–H groups in total. The summed E-state index contributed by atoms with van der Waals surface area (Å²) in [5, 5.41) is 5.70. The van der Waals surface area contributed by atoms with E-state index in [1.807, 2.05) is 20.8 Å². The van der Waals surface area contributed by atoms with Gasteiger partial charge in [0.05, 0.1) is 6.04 Å². The third-order valence-corrected chi connectivity index (χ3v) is 3.72. The first-order valence-corrected chi connectivity index (χ1v) is 7.62. The zero-order valence-corrected chi connectivity index (χ0v) is 13.9. The van der Waals surface area contributed by atoms with Crippen LogP contribution in [0.25, 0.3) is 0 Å². The normalized spacial score (nSPS) is 11.7. The second-order valence-electron chi connectivity index (χ2n) is 5.81. The van der Waals surface area contributed by atoms with Crippen LogP contribution in [0.2, 0.25) is 0 Å². The zero-order valence-electron chi connectivity index (χ0n) is 13.9. The third kappa shape index (κ3) is 4.42. The maximum absolute atomic E-state index is 12.4. The molecular weight excluding hydrogens is 288 g/mol. The quantitative estimate of drug-likeness (QED) is 0.903. The minimum atomic E-state index is -0.134. The van der Waals surface area contributed by atoms with Crippen molar-refractivity contribution in [2.75, 3.05) is 5.32 Å². The van der Waals surface area contributed by atoms with E-state index in [1.165, 1.54) is 12.5 Å². The van der Waals surface area contributed by atoms with E-state index >= 15 is 0 Å². The Labute approximate surface area is 136 Å². The van der Waals surface area contributed by atoms with Gasteiger partial charge in [-0.25, -0.2) is 0 Å². The SMILES string of the molecule is CC(=O)Nc1ccc(C(=O)NC(C)c2cc(C)ccc2C)cc1. The first kappa shape index (κ1) is 16.7. The van der Waals surface area contributed by atoms with Gasteiger partial charge in [0, 0.05) is 18.2 Å². The van der Waals surface area contributed by atoms with Crippen LogP contribution in [-0.2, 0) is 4.79 Å². The lowest BCUT2D eigenvalue weighted by Gasteiger charge is -2.17. The number of amides is 2. The summed E-state index contributed by atoms with van der Waals surface area (Å²) >= 11 is 0. The molecule has 0 spiro atoms. The molecule has 4 nitrogen and oxygen atoms in total. The fourth-order valence-electron chi connectivity index (χ4n) is 2.49. The standard InChI is InChI=1S/C19H22N2O2/c1-12-5-6-13(2)18(11-12)14(3)20-19(23)16-7-9-17(10-8-16)21-15(4)22/h5-11,14H,1-4H3,(H,20,23)(H,21,22). The molecule has 1 unspecified atom stereocenters. The van der Waals surface area contributed by atoms with Crippen molar-refractivity contribution in [3.8, 4) is 0 Å². The second-order valence-corrected chi connectivity index (χ2v) is 5.81. The first-order valence-electron chi connectivity index (χ1n) is 7.62. The van der Waals surface area contributed by atoms with Gasteiger partial charge in [-0.05, 0) is 56.2 Å². The van der Waals surface area contributed by atoms with E-state index in [9.17, 15) is 9.59 Å². The van der Waals surface area contributed by atoms with Crippen molar-refractivity contribution in [1.29, 1.82) is 0 Å². The third-order valence-electron chi connectivity index (χ3n) is 3.72. The highest BCUT2D eigenvalue weighted by atomic mass is 16.2. The molecule has 2 rings (SSSR count). The Morgan fingerprint density at radius 1 is 1.00 bits per heavy atom. The Kier molecular flexibility index (Phi) is 5.16. The van der Waals surface area contributed by atoms with Crippen molar-refractivity contribution < 1.29 is 9.59 Å². The lowest BCUT2D eigenvalue weighted by molar-refractivity contribution is -0.114. The van der Waals surface area contributed by atoms with Crippen molar-refractivity contribution in [2.45, 2.75) is 33.7 Å². The van der Waals surface area contributed by atoms with E-state index < -0.39 is 0 Å². The number of nitrogens with one attached hydrogen (secondary N) is 2. The monoisotopic (exact) mass is 310 g/mol. The molecule has 0 bridgehead atoms. The van der Waals surface area contributed by atoms with Crippen LogP contribution < -0.4 is 10.6 Å². The summed E-state index contributed by atoms with van der Waals surface area (Å²) in [5.41, 5.74) is 4.69. The number of rotatable bonds is 4. The van der Waals surface area contributed by atoms with Crippen LogP contribution in [0.1, 0.15) is 46.9 Å². The van der Waals surface area contributed by atoms with Gasteiger partial charge in [-0.3, -0.25) is 9.59 Å². The van der Waals surface area contributed by atoms with E-state index in [4.69, 9.17) is 0 Å². The molecule has 2 aromatic carbocycles. The summed E-state index contributed by atoms with van der Waals surface area (Å²) in [4.78, 5) is 23.4. The predicted octanol–water partition coefficient (Wildman–Crippen LogP) is 3.75. The van der Waals surface area contributed by atoms with E-state index in [2.05, 4.69) is 28.8 Å². The van der Waals surface area contributed by atoms with Crippen LogP contribution in [0.4, 0.5) is 5.69 Å². The van der Waals surface area contributed by atoms with Crippen molar-refractivity contribution in [3.63, 3.8) is 0 Å². The van der Waals surface area contributed by atoms with Gasteiger partial charge in [-0.15, -0.1) is 0 Å². The number of carbonyl (C=O) groups is 2. The van der Waals surface area contributed by atoms with Crippen molar-refractivity contribution >= 4 is 17.5 Å². The molecule has 1 atom stereocenters. The van der Waals surface area contributed by atoms with Crippen LogP contribution in [0.15, 0.2) is 42.5 Å². The molecule has 2 aromatic rings. The van der Waals surface area contributed by atoms with E-state index in [0.717, 1.165) is 11.1 Å². The molecule has 0 aliphatic rings. The topological polar surface area (TPSA) is 58.2 Å². The van der Waals surface area contributed by atoms with Crippen LogP contribution in [0.3, 0.4) is 0 Å². The Bertz CT molecular complexity index is 721. The van der Waals surface area contributed by atoms with Gasteiger partial charge >= 0.3 is 0 Å². The summed E-state index contributed by atoms with van der Waals surface area (Å²) < 4.78 is 0. The van der Waals surface area contributed by atoms with Crippen LogP contribution in [-0.4, -0.2) is 11.8 Å². The van der Waals surface area contributed by atoms with Gasteiger partial charge in [0.15, 0.2) is 0 Å². The Morgan fingerprint density at radius 3 is 2.26 bits per heavy atom. The summed E-state index contributed by atoms with van der Waals surface area (Å²) in [6, 6.07) is 13.0. The average molecular weight is 310 g/mol. The number of hydrogen-bond donors (Lipinski definition) is 2. The molecule has 4 heteroatoms. The van der Waals surface area contributed by atoms with Crippen LogP contribution in [0.5, 0.6) is 0 Å². The molecule has 23 heavy (non-hydrogen) atoms. The zero-order chi connectivity index (χ0) is 17.0. The minimum Gasteiger partial charge on any atom is -0.346 e. The van der Waals surface area contributed by atoms with E-state index in [1.54, 1.807) is 24.3 Å². The highest BCUT2D eigenvalue weighted by molar-refractivity contribution is 5.95. The molecule has 0 saturated carbocycles. The number of hydrogen-bond acceptors (Lipinski definition) is 2. The van der Waals surface area contributed by atoms with Gasteiger partial charge in [0.25, 0.3) is 5.91 Å². The number of anilines is 1. The Morgan fingerprint density at radius 2 is 1.65 bits per heavy atom. The molecule has 0 aliphatic carbocycles. The Hall–Kier alpha value is -2.62. The summed E-state index contributed by atoms with van der Waals surface area (Å²) in [6.45, 7) is 7.51. The number of benzene rings is 2. The van der Waals surface area contributed by atoms with Gasteiger partial charge in [-0.1, -0.05) is 23.8 Å². The number of carbonyl (C=O) groups excluding carboxylic acids is 2. The fourth-order valence-corrected chi connectivity index (χ4v) is 2.49. The molecule has 2 amide bonds. The predicted molar refractivity (Wildman–Crippen MR) is 92.5 cm³/mol. The largest absolute Gasteiger partial charge is 0.346 e. The maximum atomic E-state index is 12.4. The lowest BCUT2D eigenvalue weighted by Crippen LogP contribution is -2.27. The summed E-state index contributed by atoms with van der Waals surface area (Å²) in [5.74, 6) is -0.265. The molecule has 0 radical (unpaired) electrons. The molecular formula is C19H22N2O2. The van der Waals surface area contributed by atoms with Gasteiger partial charge in [-0.2, -0.15) is 0 Å². The number of aryl methyl sites for hydroxylation is 2. The second kappa shape index (κ2) is 7.09. The average Bonchev–Trinajstić information content (AvgIpc) is 2.49. The molecule has 0 aliphatic heterocycles. The molecule has 120 valence electrons. The molecule has 0 saturated heterocycles. The summed E-state index contributed by atoms with van der Waals surface area (Å²) in [6.07, 6.45) is 0. The van der Waals surface area contributed by atoms with Crippen molar-refractivity contribution in [2.24, 2.45) is 0 Å². The fraction of sp³-hybridized carbons (Fsp3) is 0.263. The van der Waals surface area contributed by atoms with Gasteiger partial charge < -0.3 is 10.6 Å². The Balaban J connectivity index is 2.09. The lowest BCUT2D eigenvalue weighted by atomic mass is 9.99. The van der Waals surface area contributed by atoms with E-state index in [-0.39, 0.29) is 17.9 Å². The highest BCUT2D eigenvalue weighted by Gasteiger charge is 2.13. The first-order chi connectivity index (χ1) is 10.9. The summed E-state index contributed by atoms with van der Waals surface area (Å²) in [7, 11) is 0. The minimum absolute atomic E-state index is 0.0718. The van der Waals surface area contributed by atoms with Gasteiger partial charge in [0.1, 0.15) is 0 Å². The van der Waals surface area contributed by atoms with Crippen molar-refractivity contribution in [3.05, 3.63) is 64.7 Å². The molecule has 0 aromatic heterocycles. The molecule has 0 heterocycles. The van der Waals surface area contributed by atoms with Crippen molar-refractivity contribution in [1.82, 2.24) is 5.32 Å². The van der Waals surface area contributed by atoms with Gasteiger partial charge in [0.2, 0.25) is 5.91 Å². The highest BCUT2D eigenvalue weighted by Crippen LogP contribution is 2.19. The maximum Gasteiger partial charge on any atom is 0.251 e. The molecule has 0 fully saturated rings. The van der Waals surface area contributed by atoms with E-state index in [0.29, 0.717) is 11.3 Å². The van der Waals surface area contributed by atoms with Crippen LogP contribution in [0, 0.1) is 13.8 Å².